The molecule has 0 radical (unpaired) electrons. The van der Waals surface area contributed by atoms with Crippen molar-refractivity contribution in [3.8, 4) is 0 Å². The topological polar surface area (TPSA) is 49.2 Å². The highest BCUT2D eigenvalue weighted by Crippen LogP contribution is 2.37. The molecule has 2 heterocycles. The number of carbonyl (C=O) groups is 1. The van der Waals surface area contributed by atoms with E-state index in [1.54, 1.807) is 6.26 Å². The molecule has 6 heteroatoms. The summed E-state index contributed by atoms with van der Waals surface area (Å²) in [5.41, 5.74) is 1.16. The van der Waals surface area contributed by atoms with E-state index < -0.39 is 6.10 Å². The van der Waals surface area contributed by atoms with Gasteiger partial charge in [-0.2, -0.15) is 0 Å². The third-order valence-electron chi connectivity index (χ3n) is 6.52. The van der Waals surface area contributed by atoms with Crippen molar-refractivity contribution >= 4 is 5.91 Å². The molecule has 2 aliphatic rings. The first-order chi connectivity index (χ1) is 15.1. The number of morpholine rings is 1. The molecule has 31 heavy (non-hydrogen) atoms. The first-order valence-electron chi connectivity index (χ1n) is 11.5. The molecule has 1 aliphatic carbocycles. The van der Waals surface area contributed by atoms with Crippen molar-refractivity contribution in [1.82, 2.24) is 14.7 Å². The van der Waals surface area contributed by atoms with Gasteiger partial charge in [0.1, 0.15) is 5.76 Å². The molecule has 1 aromatic heterocycles. The minimum atomic E-state index is -0.506. The van der Waals surface area contributed by atoms with Crippen LogP contribution in [0.25, 0.3) is 0 Å². The summed E-state index contributed by atoms with van der Waals surface area (Å²) in [4.78, 5) is 20.4. The molecule has 6 nitrogen and oxygen atoms in total. The van der Waals surface area contributed by atoms with E-state index in [0.29, 0.717) is 25.7 Å². The summed E-state index contributed by atoms with van der Waals surface area (Å²) in [7, 11) is 4.06. The standard InChI is InChI=1S/C25H35N3O3/c1-26(2)14-15-27(19-22-13-8-17-30-22)25(29)24-23(20-9-4-3-5-10-20)28(16-18-31-24)21-11-6-7-12-21/h3-5,8-10,13,17,21,23-24H,6-7,11-12,14-16,18-19H2,1-2H3/t23-,24+/m0/s1. The zero-order chi connectivity index (χ0) is 21.6. The van der Waals surface area contributed by atoms with E-state index in [-0.39, 0.29) is 11.9 Å². The van der Waals surface area contributed by atoms with Gasteiger partial charge in [0.25, 0.3) is 5.91 Å². The van der Waals surface area contributed by atoms with Crippen LogP contribution >= 0.6 is 0 Å². The second kappa shape index (κ2) is 10.4. The third-order valence-corrected chi connectivity index (χ3v) is 6.52. The number of hydrogen-bond acceptors (Lipinski definition) is 5. The molecular weight excluding hydrogens is 390 g/mol. The lowest BCUT2D eigenvalue weighted by Crippen LogP contribution is -2.55. The largest absolute Gasteiger partial charge is 0.467 e. The Morgan fingerprint density at radius 1 is 1.06 bits per heavy atom. The van der Waals surface area contributed by atoms with Gasteiger partial charge >= 0.3 is 0 Å². The van der Waals surface area contributed by atoms with E-state index in [4.69, 9.17) is 9.15 Å². The van der Waals surface area contributed by atoms with Gasteiger partial charge in [0, 0.05) is 25.7 Å². The SMILES string of the molecule is CN(C)CCN(Cc1ccco1)C(=O)[C@@H]1OCCN(C2CCCC2)[C@H]1c1ccccc1. The van der Waals surface area contributed by atoms with E-state index in [0.717, 1.165) is 24.4 Å². The summed E-state index contributed by atoms with van der Waals surface area (Å²) in [6.45, 7) is 3.37. The highest BCUT2D eigenvalue weighted by molar-refractivity contribution is 5.82. The molecule has 2 fully saturated rings. The summed E-state index contributed by atoms with van der Waals surface area (Å²) in [6, 6.07) is 14.7. The van der Waals surface area contributed by atoms with Crippen LogP contribution in [0.3, 0.4) is 0 Å². The molecule has 1 saturated heterocycles. The second-order valence-electron chi connectivity index (χ2n) is 8.97. The Labute approximate surface area is 185 Å². The van der Waals surface area contributed by atoms with E-state index in [2.05, 4.69) is 34.1 Å². The first-order valence-corrected chi connectivity index (χ1v) is 11.5. The van der Waals surface area contributed by atoms with Crippen molar-refractivity contribution in [3.63, 3.8) is 0 Å². The van der Waals surface area contributed by atoms with Crippen molar-refractivity contribution < 1.29 is 13.9 Å². The summed E-state index contributed by atoms with van der Waals surface area (Å²) >= 11 is 0. The van der Waals surface area contributed by atoms with Gasteiger partial charge in [-0.25, -0.2) is 0 Å². The van der Waals surface area contributed by atoms with Gasteiger partial charge in [-0.15, -0.1) is 0 Å². The smallest absolute Gasteiger partial charge is 0.254 e. The van der Waals surface area contributed by atoms with Crippen LogP contribution in [0.5, 0.6) is 0 Å². The monoisotopic (exact) mass is 425 g/mol. The maximum Gasteiger partial charge on any atom is 0.254 e. The average Bonchev–Trinajstić information content (AvgIpc) is 3.50. The van der Waals surface area contributed by atoms with Crippen molar-refractivity contribution in [2.45, 2.75) is 50.4 Å². The van der Waals surface area contributed by atoms with E-state index in [1.165, 1.54) is 25.7 Å². The normalized spacial score (nSPS) is 22.8. The van der Waals surface area contributed by atoms with Crippen molar-refractivity contribution in [2.75, 3.05) is 40.3 Å². The molecule has 1 saturated carbocycles. The van der Waals surface area contributed by atoms with E-state index >= 15 is 0 Å². The quantitative estimate of drug-likeness (QED) is 0.647. The summed E-state index contributed by atoms with van der Waals surface area (Å²) in [5.74, 6) is 0.849. The van der Waals surface area contributed by atoms with Crippen LogP contribution in [0.4, 0.5) is 0 Å². The Bertz CT molecular complexity index is 803. The van der Waals surface area contributed by atoms with Gasteiger partial charge in [-0.3, -0.25) is 9.69 Å². The fraction of sp³-hybridized carbons (Fsp3) is 0.560. The lowest BCUT2D eigenvalue weighted by molar-refractivity contribution is -0.160. The highest BCUT2D eigenvalue weighted by Gasteiger charge is 2.43. The van der Waals surface area contributed by atoms with Crippen LogP contribution in [-0.2, 0) is 16.1 Å². The molecule has 0 spiro atoms. The summed E-state index contributed by atoms with van der Waals surface area (Å²) in [6.07, 6.45) is 6.12. The number of nitrogens with zero attached hydrogens (tertiary/aromatic N) is 3. The zero-order valence-corrected chi connectivity index (χ0v) is 18.8. The number of carbonyl (C=O) groups excluding carboxylic acids is 1. The summed E-state index contributed by atoms with van der Waals surface area (Å²) in [5, 5.41) is 0. The molecular formula is C25H35N3O3. The molecule has 0 unspecified atom stereocenters. The van der Waals surface area contributed by atoms with Crippen LogP contribution < -0.4 is 0 Å². The molecule has 2 aromatic rings. The molecule has 1 aliphatic heterocycles. The predicted molar refractivity (Wildman–Crippen MR) is 121 cm³/mol. The number of benzene rings is 1. The lowest BCUT2D eigenvalue weighted by Gasteiger charge is -2.45. The van der Waals surface area contributed by atoms with Gasteiger partial charge in [0.2, 0.25) is 0 Å². The van der Waals surface area contributed by atoms with Gasteiger partial charge in [0.15, 0.2) is 6.10 Å². The van der Waals surface area contributed by atoms with Crippen molar-refractivity contribution in [2.24, 2.45) is 0 Å². The molecule has 2 atom stereocenters. The number of likely N-dealkylation sites (N-methyl/N-ethyl adjacent to an activating group) is 1. The van der Waals surface area contributed by atoms with Crippen LogP contribution in [0.1, 0.15) is 43.0 Å². The predicted octanol–water partition coefficient (Wildman–Crippen LogP) is 3.55. The Morgan fingerprint density at radius 3 is 2.52 bits per heavy atom. The molecule has 0 bridgehead atoms. The number of hydrogen-bond donors (Lipinski definition) is 0. The Hall–Kier alpha value is -2.15. The number of ether oxygens (including phenoxy) is 1. The van der Waals surface area contributed by atoms with Gasteiger partial charge in [0.05, 0.1) is 25.5 Å². The molecule has 1 amide bonds. The maximum absolute atomic E-state index is 13.9. The van der Waals surface area contributed by atoms with Gasteiger partial charge < -0.3 is 19.0 Å². The van der Waals surface area contributed by atoms with Gasteiger partial charge in [-0.1, -0.05) is 43.2 Å². The maximum atomic E-state index is 13.9. The Kier molecular flexibility index (Phi) is 7.43. The van der Waals surface area contributed by atoms with Gasteiger partial charge in [-0.05, 0) is 44.6 Å². The third kappa shape index (κ3) is 5.37. The fourth-order valence-electron chi connectivity index (χ4n) is 4.92. The number of rotatable bonds is 8. The molecule has 0 N–H and O–H groups in total. The van der Waals surface area contributed by atoms with Crippen molar-refractivity contribution in [3.05, 3.63) is 60.1 Å². The van der Waals surface area contributed by atoms with E-state index in [9.17, 15) is 4.79 Å². The van der Waals surface area contributed by atoms with Crippen LogP contribution in [0.15, 0.2) is 53.1 Å². The first kappa shape index (κ1) is 22.1. The minimum Gasteiger partial charge on any atom is -0.467 e. The van der Waals surface area contributed by atoms with E-state index in [1.807, 2.05) is 37.2 Å². The van der Waals surface area contributed by atoms with Crippen LogP contribution in [0, 0.1) is 0 Å². The molecule has 4 rings (SSSR count). The van der Waals surface area contributed by atoms with Crippen LogP contribution in [-0.4, -0.2) is 73.1 Å². The molecule has 168 valence electrons. The Balaban J connectivity index is 1.61. The zero-order valence-electron chi connectivity index (χ0n) is 18.8. The fourth-order valence-corrected chi connectivity index (χ4v) is 4.92. The minimum absolute atomic E-state index is 0.0507. The lowest BCUT2D eigenvalue weighted by atomic mass is 9.94. The summed E-state index contributed by atoms with van der Waals surface area (Å²) < 4.78 is 11.8. The average molecular weight is 426 g/mol. The van der Waals surface area contributed by atoms with Crippen molar-refractivity contribution in [1.29, 1.82) is 0 Å². The second-order valence-corrected chi connectivity index (χ2v) is 8.97. The number of furan rings is 1. The Morgan fingerprint density at radius 2 is 1.84 bits per heavy atom. The number of amides is 1. The van der Waals surface area contributed by atoms with Crippen LogP contribution in [0.2, 0.25) is 0 Å². The highest BCUT2D eigenvalue weighted by atomic mass is 16.5. The molecule has 1 aromatic carbocycles.